The Morgan fingerprint density at radius 3 is 3.00 bits per heavy atom. The summed E-state index contributed by atoms with van der Waals surface area (Å²) in [5.74, 6) is 0.0692. The van der Waals surface area contributed by atoms with Crippen LogP contribution in [0.4, 0.5) is 0 Å². The molecule has 0 spiro atoms. The van der Waals surface area contributed by atoms with Gasteiger partial charge in [0.2, 0.25) is 0 Å². The Bertz CT molecular complexity index is 683. The summed E-state index contributed by atoms with van der Waals surface area (Å²) in [5.41, 5.74) is 1.79. The Hall–Kier alpha value is -1.66. The smallest absolute Gasteiger partial charge is 0.271 e. The molecule has 1 N–H and O–H groups in total. The number of carbonyl (C=O) groups excluding carboxylic acids is 1. The Morgan fingerprint density at radius 2 is 2.30 bits per heavy atom. The number of piperazine rings is 1. The molecule has 1 saturated heterocycles. The zero-order chi connectivity index (χ0) is 16.4. The first kappa shape index (κ1) is 16.2. The van der Waals surface area contributed by atoms with Gasteiger partial charge >= 0.3 is 0 Å². The molecule has 3 heterocycles. The molecule has 5 nitrogen and oxygen atoms in total. The van der Waals surface area contributed by atoms with Crippen molar-refractivity contribution in [1.29, 1.82) is 0 Å². The van der Waals surface area contributed by atoms with Crippen molar-refractivity contribution >= 4 is 21.8 Å². The van der Waals surface area contributed by atoms with Crippen LogP contribution in [0.2, 0.25) is 0 Å². The lowest BCUT2D eigenvalue weighted by atomic mass is 10.0. The second kappa shape index (κ2) is 6.84. The number of nitrogens with one attached hydrogen (secondary N) is 1. The van der Waals surface area contributed by atoms with Gasteiger partial charge in [-0.3, -0.25) is 9.78 Å². The summed E-state index contributed by atoms with van der Waals surface area (Å²) >= 11 is 3.49. The van der Waals surface area contributed by atoms with E-state index in [4.69, 9.17) is 0 Å². The molecular formula is C17H21BrN4O. The van der Waals surface area contributed by atoms with Crippen molar-refractivity contribution in [3.05, 3.63) is 52.5 Å². The highest BCUT2D eigenvalue weighted by Crippen LogP contribution is 2.26. The summed E-state index contributed by atoms with van der Waals surface area (Å²) in [6, 6.07) is 6.10. The third-order valence-electron chi connectivity index (χ3n) is 4.16. The molecule has 6 heteroatoms. The van der Waals surface area contributed by atoms with Crippen LogP contribution in [0, 0.1) is 0 Å². The molecule has 2 aromatic heterocycles. The lowest BCUT2D eigenvalue weighted by molar-refractivity contribution is 0.0621. The van der Waals surface area contributed by atoms with Crippen LogP contribution in [-0.2, 0) is 0 Å². The second-order valence-electron chi connectivity index (χ2n) is 6.05. The van der Waals surface area contributed by atoms with Crippen molar-refractivity contribution in [2.24, 2.45) is 0 Å². The van der Waals surface area contributed by atoms with E-state index >= 15 is 0 Å². The van der Waals surface area contributed by atoms with Crippen LogP contribution in [0.5, 0.6) is 0 Å². The van der Waals surface area contributed by atoms with E-state index in [-0.39, 0.29) is 18.0 Å². The lowest BCUT2D eigenvalue weighted by Crippen LogP contribution is -2.49. The Labute approximate surface area is 144 Å². The average molecular weight is 377 g/mol. The minimum Gasteiger partial charge on any atom is -0.340 e. The van der Waals surface area contributed by atoms with Crippen molar-refractivity contribution < 1.29 is 4.79 Å². The quantitative estimate of drug-likeness (QED) is 0.895. The fourth-order valence-electron chi connectivity index (χ4n) is 3.01. The van der Waals surface area contributed by atoms with E-state index in [9.17, 15) is 4.79 Å². The van der Waals surface area contributed by atoms with E-state index in [1.807, 2.05) is 40.1 Å². The number of amides is 1. The standard InChI is InChI=1S/C17H21BrN4O/c1-12(2)22-11-14(18)8-15(22)17(23)21-7-6-20-10-16(21)13-4-3-5-19-9-13/h3-5,8-9,11-12,16,20H,6-7,10H2,1-2H3. The van der Waals surface area contributed by atoms with Gasteiger partial charge in [-0.1, -0.05) is 6.07 Å². The van der Waals surface area contributed by atoms with Crippen molar-refractivity contribution in [3.63, 3.8) is 0 Å². The number of rotatable bonds is 3. The lowest BCUT2D eigenvalue weighted by Gasteiger charge is -2.36. The normalized spacial score (nSPS) is 18.4. The third kappa shape index (κ3) is 3.33. The summed E-state index contributed by atoms with van der Waals surface area (Å²) in [4.78, 5) is 19.3. The summed E-state index contributed by atoms with van der Waals surface area (Å²) in [5, 5.41) is 3.37. The van der Waals surface area contributed by atoms with Crippen LogP contribution in [0.3, 0.4) is 0 Å². The molecule has 3 rings (SSSR count). The van der Waals surface area contributed by atoms with Crippen molar-refractivity contribution in [2.75, 3.05) is 19.6 Å². The summed E-state index contributed by atoms with van der Waals surface area (Å²) in [7, 11) is 0. The molecule has 0 radical (unpaired) electrons. The van der Waals surface area contributed by atoms with Crippen LogP contribution in [-0.4, -0.2) is 40.0 Å². The third-order valence-corrected chi connectivity index (χ3v) is 4.60. The van der Waals surface area contributed by atoms with Crippen molar-refractivity contribution in [2.45, 2.75) is 25.9 Å². The fraction of sp³-hybridized carbons (Fsp3) is 0.412. The minimum absolute atomic E-state index is 0.0132. The second-order valence-corrected chi connectivity index (χ2v) is 6.97. The molecule has 1 aliphatic heterocycles. The molecule has 0 bridgehead atoms. The maximum absolute atomic E-state index is 13.2. The van der Waals surface area contributed by atoms with Crippen LogP contribution in [0.25, 0.3) is 0 Å². The molecule has 1 fully saturated rings. The monoisotopic (exact) mass is 376 g/mol. The number of halogens is 1. The summed E-state index contributed by atoms with van der Waals surface area (Å²) in [6.45, 7) is 6.42. The predicted molar refractivity (Wildman–Crippen MR) is 93.4 cm³/mol. The van der Waals surface area contributed by atoms with Gasteiger partial charge in [-0.2, -0.15) is 0 Å². The molecule has 0 aliphatic carbocycles. The molecule has 1 atom stereocenters. The van der Waals surface area contributed by atoms with Gasteiger partial charge in [0.25, 0.3) is 5.91 Å². The molecule has 1 aliphatic rings. The van der Waals surface area contributed by atoms with Crippen molar-refractivity contribution in [3.8, 4) is 0 Å². The number of nitrogens with zero attached hydrogens (tertiary/aromatic N) is 3. The molecule has 1 amide bonds. The van der Waals surface area contributed by atoms with E-state index < -0.39 is 0 Å². The predicted octanol–water partition coefficient (Wildman–Crippen LogP) is 3.01. The minimum atomic E-state index is 0.0132. The first-order chi connectivity index (χ1) is 11.1. The van der Waals surface area contributed by atoms with Crippen LogP contribution in [0.15, 0.2) is 41.3 Å². The maximum Gasteiger partial charge on any atom is 0.271 e. The molecule has 2 aromatic rings. The summed E-state index contributed by atoms with van der Waals surface area (Å²) in [6.07, 6.45) is 5.57. The fourth-order valence-corrected chi connectivity index (χ4v) is 3.45. The zero-order valence-corrected chi connectivity index (χ0v) is 15.0. The molecular weight excluding hydrogens is 356 g/mol. The highest BCUT2D eigenvalue weighted by Gasteiger charge is 2.30. The zero-order valence-electron chi connectivity index (χ0n) is 13.4. The SMILES string of the molecule is CC(C)n1cc(Br)cc1C(=O)N1CCNCC1c1cccnc1. The van der Waals surface area contributed by atoms with Crippen LogP contribution in [0.1, 0.15) is 42.0 Å². The Balaban J connectivity index is 1.93. The molecule has 1 unspecified atom stereocenters. The van der Waals surface area contributed by atoms with E-state index in [2.05, 4.69) is 40.1 Å². The molecule has 122 valence electrons. The first-order valence-corrected chi connectivity index (χ1v) is 8.66. The first-order valence-electron chi connectivity index (χ1n) is 7.87. The van der Waals surface area contributed by atoms with Crippen LogP contribution < -0.4 is 5.32 Å². The maximum atomic E-state index is 13.2. The van der Waals surface area contributed by atoms with Gasteiger partial charge in [-0.15, -0.1) is 0 Å². The average Bonchev–Trinajstić information content (AvgIpc) is 2.97. The number of hydrogen-bond donors (Lipinski definition) is 1. The van der Waals surface area contributed by atoms with Gasteiger partial charge in [-0.05, 0) is 47.5 Å². The number of pyridine rings is 1. The highest BCUT2D eigenvalue weighted by molar-refractivity contribution is 9.10. The van der Waals surface area contributed by atoms with Gasteiger partial charge in [-0.25, -0.2) is 0 Å². The Morgan fingerprint density at radius 1 is 1.48 bits per heavy atom. The molecule has 23 heavy (non-hydrogen) atoms. The van der Waals surface area contributed by atoms with E-state index in [0.717, 1.165) is 28.8 Å². The highest BCUT2D eigenvalue weighted by atomic mass is 79.9. The van der Waals surface area contributed by atoms with E-state index in [1.165, 1.54) is 0 Å². The molecule has 0 saturated carbocycles. The number of aromatic nitrogens is 2. The van der Waals surface area contributed by atoms with E-state index in [0.29, 0.717) is 6.54 Å². The van der Waals surface area contributed by atoms with E-state index in [1.54, 1.807) is 6.20 Å². The van der Waals surface area contributed by atoms with Gasteiger partial charge in [0.05, 0.1) is 6.04 Å². The number of hydrogen-bond acceptors (Lipinski definition) is 3. The van der Waals surface area contributed by atoms with Crippen molar-refractivity contribution in [1.82, 2.24) is 19.8 Å². The largest absolute Gasteiger partial charge is 0.340 e. The summed E-state index contributed by atoms with van der Waals surface area (Å²) < 4.78 is 2.96. The Kier molecular flexibility index (Phi) is 4.82. The van der Waals surface area contributed by atoms with Gasteiger partial charge in [0.1, 0.15) is 5.69 Å². The van der Waals surface area contributed by atoms with Gasteiger partial charge in [0, 0.05) is 48.7 Å². The van der Waals surface area contributed by atoms with Gasteiger partial charge in [0.15, 0.2) is 0 Å². The number of carbonyl (C=O) groups is 1. The topological polar surface area (TPSA) is 50.2 Å². The molecule has 0 aromatic carbocycles. The van der Waals surface area contributed by atoms with Gasteiger partial charge < -0.3 is 14.8 Å². The van der Waals surface area contributed by atoms with Crippen LogP contribution >= 0.6 is 15.9 Å².